The van der Waals surface area contributed by atoms with Crippen molar-refractivity contribution >= 4 is 23.3 Å². The third kappa shape index (κ3) is 1.55. The van der Waals surface area contributed by atoms with Crippen molar-refractivity contribution < 1.29 is 4.79 Å². The van der Waals surface area contributed by atoms with Gasteiger partial charge in [-0.3, -0.25) is 9.78 Å². The summed E-state index contributed by atoms with van der Waals surface area (Å²) in [4.78, 5) is 14.4. The lowest BCUT2D eigenvalue weighted by Crippen LogP contribution is -1.80. The van der Waals surface area contributed by atoms with Crippen LogP contribution in [-0.4, -0.2) is 11.3 Å². The largest absolute Gasteiger partial charge is 0.299 e. The number of aldehydes is 1. The van der Waals surface area contributed by atoms with Gasteiger partial charge in [0.25, 0.3) is 0 Å². The SMILES string of the molecule is O=C/C=C/c1cccc2ncccc12. The molecule has 0 radical (unpaired) electrons. The summed E-state index contributed by atoms with van der Waals surface area (Å²) in [5.74, 6) is 0. The fourth-order valence-electron chi connectivity index (χ4n) is 1.42. The van der Waals surface area contributed by atoms with Gasteiger partial charge in [0.15, 0.2) is 0 Å². The molecule has 68 valence electrons. The molecule has 0 atom stereocenters. The van der Waals surface area contributed by atoms with Gasteiger partial charge in [-0.05, 0) is 23.8 Å². The number of hydrogen-bond acceptors (Lipinski definition) is 2. The van der Waals surface area contributed by atoms with Gasteiger partial charge >= 0.3 is 0 Å². The van der Waals surface area contributed by atoms with Gasteiger partial charge in [0.2, 0.25) is 0 Å². The quantitative estimate of drug-likeness (QED) is 0.528. The first-order valence-corrected chi connectivity index (χ1v) is 4.37. The van der Waals surface area contributed by atoms with Gasteiger partial charge in [-0.2, -0.15) is 0 Å². The zero-order valence-corrected chi connectivity index (χ0v) is 7.55. The van der Waals surface area contributed by atoms with Gasteiger partial charge in [0.1, 0.15) is 6.29 Å². The molecule has 0 saturated heterocycles. The van der Waals surface area contributed by atoms with Crippen LogP contribution in [0.15, 0.2) is 42.6 Å². The Morgan fingerprint density at radius 2 is 2.07 bits per heavy atom. The van der Waals surface area contributed by atoms with Crippen molar-refractivity contribution in [1.29, 1.82) is 0 Å². The predicted octanol–water partition coefficient (Wildman–Crippen LogP) is 2.45. The van der Waals surface area contributed by atoms with Gasteiger partial charge < -0.3 is 0 Å². The van der Waals surface area contributed by atoms with Gasteiger partial charge in [0, 0.05) is 11.6 Å². The number of hydrogen-bond donors (Lipinski definition) is 0. The lowest BCUT2D eigenvalue weighted by Gasteiger charge is -1.99. The first kappa shape index (κ1) is 8.63. The van der Waals surface area contributed by atoms with E-state index in [2.05, 4.69) is 4.98 Å². The van der Waals surface area contributed by atoms with Crippen molar-refractivity contribution in [2.75, 3.05) is 0 Å². The molecule has 0 bridgehead atoms. The van der Waals surface area contributed by atoms with Crippen LogP contribution in [0, 0.1) is 0 Å². The van der Waals surface area contributed by atoms with Crippen molar-refractivity contribution in [3.63, 3.8) is 0 Å². The average Bonchev–Trinajstić information content (AvgIpc) is 2.26. The van der Waals surface area contributed by atoms with Crippen LogP contribution in [0.4, 0.5) is 0 Å². The van der Waals surface area contributed by atoms with Crippen LogP contribution in [0.25, 0.3) is 17.0 Å². The summed E-state index contributed by atoms with van der Waals surface area (Å²) < 4.78 is 0. The van der Waals surface area contributed by atoms with E-state index in [-0.39, 0.29) is 0 Å². The number of carbonyl (C=O) groups excluding carboxylic acids is 1. The average molecular weight is 183 g/mol. The molecule has 0 unspecified atom stereocenters. The number of benzene rings is 1. The van der Waals surface area contributed by atoms with E-state index in [4.69, 9.17) is 0 Å². The molecule has 14 heavy (non-hydrogen) atoms. The summed E-state index contributed by atoms with van der Waals surface area (Å²) in [6.45, 7) is 0. The molecule has 2 heteroatoms. The van der Waals surface area contributed by atoms with E-state index in [1.54, 1.807) is 12.3 Å². The fraction of sp³-hybridized carbons (Fsp3) is 0. The molecule has 0 aliphatic heterocycles. The normalized spacial score (nSPS) is 10.9. The maximum Gasteiger partial charge on any atom is 0.142 e. The topological polar surface area (TPSA) is 30.0 Å². The highest BCUT2D eigenvalue weighted by atomic mass is 16.1. The Kier molecular flexibility index (Phi) is 2.36. The second-order valence-electron chi connectivity index (χ2n) is 2.91. The van der Waals surface area contributed by atoms with Gasteiger partial charge in [-0.15, -0.1) is 0 Å². The number of rotatable bonds is 2. The highest BCUT2D eigenvalue weighted by Gasteiger charge is 1.96. The maximum absolute atomic E-state index is 10.2. The molecular weight excluding hydrogens is 174 g/mol. The molecule has 1 aromatic heterocycles. The van der Waals surface area contributed by atoms with E-state index in [1.165, 1.54) is 6.08 Å². The molecule has 2 nitrogen and oxygen atoms in total. The summed E-state index contributed by atoms with van der Waals surface area (Å²) in [5, 5.41) is 1.06. The highest BCUT2D eigenvalue weighted by Crippen LogP contribution is 2.17. The number of pyridine rings is 1. The molecule has 2 rings (SSSR count). The van der Waals surface area contributed by atoms with E-state index in [0.29, 0.717) is 0 Å². The van der Waals surface area contributed by atoms with Gasteiger partial charge in [-0.1, -0.05) is 24.3 Å². The second kappa shape index (κ2) is 3.83. The Labute approximate surface area is 81.9 Å². The molecule has 1 heterocycles. The first-order chi connectivity index (χ1) is 6.92. The minimum Gasteiger partial charge on any atom is -0.299 e. The van der Waals surface area contributed by atoms with Crippen molar-refractivity contribution in [2.45, 2.75) is 0 Å². The summed E-state index contributed by atoms with van der Waals surface area (Å²) in [6, 6.07) is 9.73. The second-order valence-corrected chi connectivity index (χ2v) is 2.91. The van der Waals surface area contributed by atoms with Crippen LogP contribution in [0.5, 0.6) is 0 Å². The van der Waals surface area contributed by atoms with Crippen LogP contribution >= 0.6 is 0 Å². The molecule has 0 N–H and O–H groups in total. The van der Waals surface area contributed by atoms with Crippen LogP contribution in [0.3, 0.4) is 0 Å². The van der Waals surface area contributed by atoms with E-state index in [1.807, 2.05) is 30.3 Å². The van der Waals surface area contributed by atoms with Crippen molar-refractivity contribution in [3.8, 4) is 0 Å². The van der Waals surface area contributed by atoms with Crippen molar-refractivity contribution in [1.82, 2.24) is 4.98 Å². The molecule has 0 saturated carbocycles. The minimum atomic E-state index is 0.773. The Bertz CT molecular complexity index is 483. The number of allylic oxidation sites excluding steroid dienone is 1. The smallest absolute Gasteiger partial charge is 0.142 e. The zero-order chi connectivity index (χ0) is 9.80. The lowest BCUT2D eigenvalue weighted by molar-refractivity contribution is -0.104. The minimum absolute atomic E-state index is 0.773. The summed E-state index contributed by atoms with van der Waals surface area (Å²) in [6.07, 6.45) is 5.81. The molecular formula is C12H9NO. The van der Waals surface area contributed by atoms with Crippen molar-refractivity contribution in [3.05, 3.63) is 48.2 Å². The molecule has 0 spiro atoms. The van der Waals surface area contributed by atoms with E-state index in [0.717, 1.165) is 22.8 Å². The summed E-state index contributed by atoms with van der Waals surface area (Å²) in [7, 11) is 0. The Balaban J connectivity index is 2.64. The van der Waals surface area contributed by atoms with Crippen molar-refractivity contribution in [2.24, 2.45) is 0 Å². The summed E-state index contributed by atoms with van der Waals surface area (Å²) in [5.41, 5.74) is 1.96. The van der Waals surface area contributed by atoms with Gasteiger partial charge in [-0.25, -0.2) is 0 Å². The van der Waals surface area contributed by atoms with E-state index < -0.39 is 0 Å². The van der Waals surface area contributed by atoms with Crippen LogP contribution in [0.1, 0.15) is 5.56 Å². The molecule has 0 aliphatic carbocycles. The molecule has 1 aromatic carbocycles. The Morgan fingerprint density at radius 1 is 1.14 bits per heavy atom. The molecule has 2 aromatic rings. The number of aromatic nitrogens is 1. The van der Waals surface area contributed by atoms with Crippen LogP contribution in [0.2, 0.25) is 0 Å². The Hall–Kier alpha value is -1.96. The predicted molar refractivity (Wildman–Crippen MR) is 56.8 cm³/mol. The number of fused-ring (bicyclic) bond motifs is 1. The first-order valence-electron chi connectivity index (χ1n) is 4.37. The van der Waals surface area contributed by atoms with Crippen LogP contribution in [-0.2, 0) is 4.79 Å². The summed E-state index contributed by atoms with van der Waals surface area (Å²) >= 11 is 0. The standard InChI is InChI=1S/C12H9NO/c14-9-3-5-10-4-1-7-12-11(10)6-2-8-13-12/h1-9H/b5-3+. The third-order valence-corrected chi connectivity index (χ3v) is 2.03. The maximum atomic E-state index is 10.2. The third-order valence-electron chi connectivity index (χ3n) is 2.03. The Morgan fingerprint density at radius 3 is 2.93 bits per heavy atom. The number of nitrogens with zero attached hydrogens (tertiary/aromatic N) is 1. The van der Waals surface area contributed by atoms with Crippen LogP contribution < -0.4 is 0 Å². The lowest BCUT2D eigenvalue weighted by atomic mass is 10.1. The zero-order valence-electron chi connectivity index (χ0n) is 7.55. The highest BCUT2D eigenvalue weighted by molar-refractivity contribution is 5.89. The molecule has 0 amide bonds. The number of carbonyl (C=O) groups is 1. The van der Waals surface area contributed by atoms with Gasteiger partial charge in [0.05, 0.1) is 5.52 Å². The van der Waals surface area contributed by atoms with E-state index >= 15 is 0 Å². The van der Waals surface area contributed by atoms with E-state index in [9.17, 15) is 4.79 Å². The molecule has 0 fully saturated rings. The fourth-order valence-corrected chi connectivity index (χ4v) is 1.42. The monoisotopic (exact) mass is 183 g/mol. The molecule has 0 aliphatic rings.